The van der Waals surface area contributed by atoms with Crippen LogP contribution in [0.1, 0.15) is 11.7 Å². The zero-order valence-electron chi connectivity index (χ0n) is 10.5. The van der Waals surface area contributed by atoms with Gasteiger partial charge in [0.2, 0.25) is 5.89 Å². The van der Waals surface area contributed by atoms with Crippen molar-refractivity contribution >= 4 is 27.7 Å². The Labute approximate surface area is 130 Å². The predicted molar refractivity (Wildman–Crippen MR) is 73.8 cm³/mol. The summed E-state index contributed by atoms with van der Waals surface area (Å²) >= 11 is 4.81. The number of nitrogens with zero attached hydrogens (tertiary/aromatic N) is 2. The Morgan fingerprint density at radius 1 is 1.33 bits per heavy atom. The van der Waals surface area contributed by atoms with Crippen molar-refractivity contribution in [2.75, 3.05) is 0 Å². The molecule has 0 aliphatic carbocycles. The molecule has 0 spiro atoms. The molecule has 21 heavy (non-hydrogen) atoms. The first-order valence-electron chi connectivity index (χ1n) is 5.80. The van der Waals surface area contributed by atoms with Crippen LogP contribution in [0, 0.1) is 0 Å². The molecule has 1 aromatic heterocycles. The minimum absolute atomic E-state index is 0.234. The fourth-order valence-electron chi connectivity index (χ4n) is 1.42. The van der Waals surface area contributed by atoms with Crippen LogP contribution in [0.4, 0.5) is 13.2 Å². The molecule has 1 unspecified atom stereocenters. The van der Waals surface area contributed by atoms with E-state index < -0.39 is 18.7 Å². The number of benzene rings is 1. The van der Waals surface area contributed by atoms with Crippen molar-refractivity contribution in [1.29, 1.82) is 0 Å². The predicted octanol–water partition coefficient (Wildman–Crippen LogP) is 3.59. The molecular formula is C12H10BrF3N2O2S. The number of hydrogen-bond donors (Lipinski definition) is 1. The fourth-order valence-corrected chi connectivity index (χ4v) is 2.83. The molecule has 0 fully saturated rings. The highest BCUT2D eigenvalue weighted by Crippen LogP contribution is 2.29. The first-order chi connectivity index (χ1) is 9.86. The molecule has 0 saturated heterocycles. The average Bonchev–Trinajstić information content (AvgIpc) is 2.84. The van der Waals surface area contributed by atoms with E-state index >= 15 is 0 Å². The van der Waals surface area contributed by atoms with Crippen molar-refractivity contribution in [3.05, 3.63) is 40.5 Å². The second-order valence-electron chi connectivity index (χ2n) is 4.08. The van der Waals surface area contributed by atoms with Gasteiger partial charge in [-0.15, -0.1) is 11.8 Å². The van der Waals surface area contributed by atoms with Gasteiger partial charge in [0.25, 0.3) is 0 Å². The number of aliphatic hydroxyl groups is 1. The zero-order chi connectivity index (χ0) is 15.5. The van der Waals surface area contributed by atoms with E-state index in [4.69, 9.17) is 9.63 Å². The summed E-state index contributed by atoms with van der Waals surface area (Å²) in [5.41, 5.74) is 0. The summed E-state index contributed by atoms with van der Waals surface area (Å²) in [4.78, 5) is 4.79. The van der Waals surface area contributed by atoms with Crippen molar-refractivity contribution in [2.45, 2.75) is 29.3 Å². The normalized spacial score (nSPS) is 13.4. The lowest BCUT2D eigenvalue weighted by molar-refractivity contribution is -0.204. The Balaban J connectivity index is 1.93. The van der Waals surface area contributed by atoms with E-state index in [-0.39, 0.29) is 11.7 Å². The van der Waals surface area contributed by atoms with E-state index in [1.165, 1.54) is 11.8 Å². The number of rotatable bonds is 5. The summed E-state index contributed by atoms with van der Waals surface area (Å²) in [6.07, 6.45) is -7.93. The van der Waals surface area contributed by atoms with Gasteiger partial charge in [-0.05, 0) is 28.1 Å². The van der Waals surface area contributed by atoms with Crippen LogP contribution in [0.15, 0.2) is 38.2 Å². The molecule has 1 heterocycles. The van der Waals surface area contributed by atoms with E-state index in [0.29, 0.717) is 5.75 Å². The molecule has 4 nitrogen and oxygen atoms in total. The lowest BCUT2D eigenvalue weighted by Gasteiger charge is -2.11. The van der Waals surface area contributed by atoms with Gasteiger partial charge in [0.1, 0.15) is 0 Å². The van der Waals surface area contributed by atoms with Crippen LogP contribution >= 0.6 is 27.7 Å². The third-order valence-electron chi connectivity index (χ3n) is 2.45. The molecule has 1 N–H and O–H groups in total. The monoisotopic (exact) mass is 382 g/mol. The maximum Gasteiger partial charge on any atom is 0.414 e. The van der Waals surface area contributed by atoms with Gasteiger partial charge in [0.05, 0.1) is 12.2 Å². The van der Waals surface area contributed by atoms with Gasteiger partial charge in [-0.1, -0.05) is 17.3 Å². The van der Waals surface area contributed by atoms with Gasteiger partial charge < -0.3 is 9.63 Å². The summed E-state index contributed by atoms with van der Waals surface area (Å²) in [6.45, 7) is 0. The molecule has 0 aliphatic rings. The van der Waals surface area contributed by atoms with E-state index in [1.54, 1.807) is 0 Å². The molecule has 0 radical (unpaired) electrons. The second-order valence-corrected chi connectivity index (χ2v) is 5.96. The van der Waals surface area contributed by atoms with Crippen LogP contribution in [-0.4, -0.2) is 27.5 Å². The van der Waals surface area contributed by atoms with Gasteiger partial charge in [0, 0.05) is 9.37 Å². The van der Waals surface area contributed by atoms with Gasteiger partial charge in [-0.25, -0.2) is 0 Å². The number of alkyl halides is 3. The second kappa shape index (κ2) is 6.80. The Bertz CT molecular complexity index is 606. The summed E-state index contributed by atoms with van der Waals surface area (Å²) < 4.78 is 42.2. The summed E-state index contributed by atoms with van der Waals surface area (Å²) in [5.74, 6) is 0.400. The summed E-state index contributed by atoms with van der Waals surface area (Å²) in [7, 11) is 0. The van der Waals surface area contributed by atoms with Crippen LogP contribution in [0.2, 0.25) is 0 Å². The Morgan fingerprint density at radius 3 is 2.71 bits per heavy atom. The fraction of sp³-hybridized carbons (Fsp3) is 0.333. The SMILES string of the molecule is OC(Cc1nc(CSc2ccccc2Br)no1)C(F)(F)F. The van der Waals surface area contributed by atoms with Gasteiger partial charge in [0.15, 0.2) is 11.9 Å². The largest absolute Gasteiger partial charge is 0.414 e. The smallest absolute Gasteiger partial charge is 0.383 e. The minimum Gasteiger partial charge on any atom is -0.383 e. The van der Waals surface area contributed by atoms with E-state index in [1.807, 2.05) is 24.3 Å². The number of halogens is 4. The number of aromatic nitrogens is 2. The highest BCUT2D eigenvalue weighted by Gasteiger charge is 2.39. The van der Waals surface area contributed by atoms with Crippen molar-refractivity contribution in [3.8, 4) is 0 Å². The van der Waals surface area contributed by atoms with E-state index in [9.17, 15) is 13.2 Å². The van der Waals surface area contributed by atoms with E-state index in [2.05, 4.69) is 26.1 Å². The highest BCUT2D eigenvalue weighted by molar-refractivity contribution is 9.10. The molecule has 0 aliphatic heterocycles. The molecule has 2 aromatic rings. The Morgan fingerprint density at radius 2 is 2.05 bits per heavy atom. The van der Waals surface area contributed by atoms with E-state index in [0.717, 1.165) is 9.37 Å². The van der Waals surface area contributed by atoms with Crippen LogP contribution < -0.4 is 0 Å². The quantitative estimate of drug-likeness (QED) is 0.800. The van der Waals surface area contributed by atoms with Crippen LogP contribution in [-0.2, 0) is 12.2 Å². The van der Waals surface area contributed by atoms with Crippen LogP contribution in [0.3, 0.4) is 0 Å². The summed E-state index contributed by atoms with van der Waals surface area (Å²) in [6, 6.07) is 7.51. The number of hydrogen-bond acceptors (Lipinski definition) is 5. The first-order valence-corrected chi connectivity index (χ1v) is 7.57. The highest BCUT2D eigenvalue weighted by atomic mass is 79.9. The average molecular weight is 383 g/mol. The standard InChI is InChI=1S/C12H10BrF3N2O2S/c13-7-3-1-2-4-8(7)21-6-10-17-11(20-18-10)5-9(19)12(14,15)16/h1-4,9,19H,5-6H2. The topological polar surface area (TPSA) is 59.2 Å². The van der Waals surface area contributed by atoms with Crippen molar-refractivity contribution < 1.29 is 22.8 Å². The zero-order valence-corrected chi connectivity index (χ0v) is 12.9. The molecule has 9 heteroatoms. The molecular weight excluding hydrogens is 373 g/mol. The maximum atomic E-state index is 12.2. The third kappa shape index (κ3) is 4.72. The van der Waals surface area contributed by atoms with Gasteiger partial charge in [-0.3, -0.25) is 0 Å². The minimum atomic E-state index is -4.70. The van der Waals surface area contributed by atoms with Crippen molar-refractivity contribution in [2.24, 2.45) is 0 Å². The Kier molecular flexibility index (Phi) is 5.28. The van der Waals surface area contributed by atoms with Crippen LogP contribution in [0.5, 0.6) is 0 Å². The molecule has 0 saturated carbocycles. The lowest BCUT2D eigenvalue weighted by atomic mass is 10.2. The third-order valence-corrected chi connectivity index (χ3v) is 4.47. The molecule has 1 aromatic carbocycles. The molecule has 2 rings (SSSR count). The molecule has 114 valence electrons. The Hall–Kier alpha value is -1.06. The first kappa shape index (κ1) is 16.3. The maximum absolute atomic E-state index is 12.2. The van der Waals surface area contributed by atoms with Crippen molar-refractivity contribution in [1.82, 2.24) is 10.1 Å². The number of aliphatic hydroxyl groups excluding tert-OH is 1. The molecule has 0 bridgehead atoms. The van der Waals surface area contributed by atoms with Gasteiger partial charge >= 0.3 is 6.18 Å². The molecule has 1 atom stereocenters. The van der Waals surface area contributed by atoms with Crippen LogP contribution in [0.25, 0.3) is 0 Å². The number of thioether (sulfide) groups is 1. The molecule has 0 amide bonds. The van der Waals surface area contributed by atoms with Gasteiger partial charge in [-0.2, -0.15) is 18.2 Å². The summed E-state index contributed by atoms with van der Waals surface area (Å²) in [5, 5.41) is 12.5. The van der Waals surface area contributed by atoms with Crippen molar-refractivity contribution in [3.63, 3.8) is 0 Å². The lowest BCUT2D eigenvalue weighted by Crippen LogP contribution is -2.30.